The van der Waals surface area contributed by atoms with Gasteiger partial charge in [-0.3, -0.25) is 9.69 Å². The van der Waals surface area contributed by atoms with Gasteiger partial charge in [0.2, 0.25) is 0 Å². The fourth-order valence-corrected chi connectivity index (χ4v) is 5.16. The van der Waals surface area contributed by atoms with Gasteiger partial charge in [-0.1, -0.05) is 49.0 Å². The third-order valence-corrected chi connectivity index (χ3v) is 6.26. The lowest BCUT2D eigenvalue weighted by Crippen LogP contribution is -2.48. The van der Waals surface area contributed by atoms with Gasteiger partial charge in [-0.2, -0.15) is 0 Å². The van der Waals surface area contributed by atoms with Crippen LogP contribution in [0.1, 0.15) is 37.7 Å². The SMILES string of the molecule is CN(C)[C@@]12CC(=O)[C@]3(C=C1C#Cc1ccccc1)CCCC[C@@H]32. The van der Waals surface area contributed by atoms with Crippen LogP contribution in [0.4, 0.5) is 0 Å². The average Bonchev–Trinajstić information content (AvgIpc) is 3.00. The molecule has 2 nitrogen and oxygen atoms in total. The largest absolute Gasteiger partial charge is 0.299 e. The average molecular weight is 305 g/mol. The second kappa shape index (κ2) is 5.08. The Kier molecular flexibility index (Phi) is 3.25. The number of rotatable bonds is 1. The molecule has 0 aromatic heterocycles. The minimum atomic E-state index is -0.219. The van der Waals surface area contributed by atoms with E-state index in [2.05, 4.69) is 36.9 Å². The lowest BCUT2D eigenvalue weighted by molar-refractivity contribution is -0.125. The standard InChI is InChI=1S/C21H23NO/c1-22(2)21-15-19(23)20(13-7-6-10-18(20)21)14-17(21)12-11-16-8-4-3-5-9-16/h3-5,8-9,14,18H,6-7,10,13,15H2,1-2H3/t18-,20-,21-/m0/s1. The van der Waals surface area contributed by atoms with Gasteiger partial charge < -0.3 is 0 Å². The minimum absolute atomic E-state index is 0.167. The summed E-state index contributed by atoms with van der Waals surface area (Å²) in [5.41, 5.74) is 1.83. The predicted octanol–water partition coefficient (Wildman–Crippen LogP) is 3.43. The molecule has 2 fully saturated rings. The van der Waals surface area contributed by atoms with Crippen LogP contribution in [0, 0.1) is 23.2 Å². The molecule has 0 heterocycles. The molecule has 0 radical (unpaired) electrons. The van der Waals surface area contributed by atoms with Crippen LogP contribution < -0.4 is 0 Å². The van der Waals surface area contributed by atoms with Crippen molar-refractivity contribution >= 4 is 5.78 Å². The van der Waals surface area contributed by atoms with Crippen LogP contribution in [-0.2, 0) is 4.79 Å². The summed E-state index contributed by atoms with van der Waals surface area (Å²) in [4.78, 5) is 15.1. The number of hydrogen-bond acceptors (Lipinski definition) is 2. The number of allylic oxidation sites excluding steroid dienone is 1. The van der Waals surface area contributed by atoms with E-state index in [4.69, 9.17) is 0 Å². The van der Waals surface area contributed by atoms with Gasteiger partial charge in [-0.15, -0.1) is 0 Å². The number of Topliss-reactive ketones (excluding diaryl/α,β-unsaturated/α-hetero) is 1. The first-order chi connectivity index (χ1) is 11.1. The maximum atomic E-state index is 12.8. The Morgan fingerprint density at radius 3 is 2.65 bits per heavy atom. The van der Waals surface area contributed by atoms with E-state index in [0.29, 0.717) is 18.1 Å². The summed E-state index contributed by atoms with van der Waals surface area (Å²) in [6.07, 6.45) is 7.46. The van der Waals surface area contributed by atoms with Gasteiger partial charge in [-0.05, 0) is 45.0 Å². The molecule has 0 unspecified atom stereocenters. The number of carbonyl (C=O) groups excluding carboxylic acids is 1. The molecule has 118 valence electrons. The molecular formula is C21H23NO. The highest BCUT2D eigenvalue weighted by atomic mass is 16.1. The smallest absolute Gasteiger partial charge is 0.145 e. The Hall–Kier alpha value is -1.85. The minimum Gasteiger partial charge on any atom is -0.299 e. The predicted molar refractivity (Wildman–Crippen MR) is 91.8 cm³/mol. The summed E-state index contributed by atoms with van der Waals surface area (Å²) in [5.74, 6) is 7.62. The molecule has 3 aliphatic carbocycles. The quantitative estimate of drug-likeness (QED) is 0.741. The van der Waals surface area contributed by atoms with Gasteiger partial charge in [0.15, 0.2) is 0 Å². The summed E-state index contributed by atoms with van der Waals surface area (Å²) >= 11 is 0. The number of hydrogen-bond donors (Lipinski definition) is 0. The molecule has 1 aromatic rings. The Bertz CT molecular complexity index is 736. The topological polar surface area (TPSA) is 20.3 Å². The van der Waals surface area contributed by atoms with E-state index < -0.39 is 0 Å². The van der Waals surface area contributed by atoms with Crippen molar-refractivity contribution < 1.29 is 4.79 Å². The second-order valence-corrected chi connectivity index (χ2v) is 7.43. The zero-order valence-electron chi connectivity index (χ0n) is 13.9. The number of benzene rings is 1. The maximum absolute atomic E-state index is 12.8. The Balaban J connectivity index is 1.81. The zero-order valence-corrected chi connectivity index (χ0v) is 13.9. The van der Waals surface area contributed by atoms with Crippen molar-refractivity contribution in [3.05, 3.63) is 47.5 Å². The van der Waals surface area contributed by atoms with Crippen molar-refractivity contribution in [1.82, 2.24) is 4.90 Å². The van der Waals surface area contributed by atoms with Crippen molar-refractivity contribution in [2.24, 2.45) is 11.3 Å². The molecule has 4 rings (SSSR count). The van der Waals surface area contributed by atoms with E-state index in [1.807, 2.05) is 30.3 Å². The first-order valence-corrected chi connectivity index (χ1v) is 8.61. The van der Waals surface area contributed by atoms with Gasteiger partial charge in [0.05, 0.1) is 11.0 Å². The second-order valence-electron chi connectivity index (χ2n) is 7.43. The van der Waals surface area contributed by atoms with E-state index in [0.717, 1.165) is 18.4 Å². The molecule has 2 heteroatoms. The molecule has 3 atom stereocenters. The summed E-state index contributed by atoms with van der Waals surface area (Å²) in [5, 5.41) is 0. The van der Waals surface area contributed by atoms with Crippen LogP contribution in [0.5, 0.6) is 0 Å². The molecule has 0 saturated heterocycles. The molecule has 0 aliphatic heterocycles. The molecule has 0 spiro atoms. The van der Waals surface area contributed by atoms with Crippen molar-refractivity contribution in [1.29, 1.82) is 0 Å². The van der Waals surface area contributed by atoms with Crippen molar-refractivity contribution in [2.75, 3.05) is 14.1 Å². The first-order valence-electron chi connectivity index (χ1n) is 8.61. The summed E-state index contributed by atoms with van der Waals surface area (Å²) in [6, 6.07) is 10.1. The fraction of sp³-hybridized carbons (Fsp3) is 0.476. The number of likely N-dealkylation sites (N-methyl/N-ethyl adjacent to an activating group) is 1. The molecule has 0 N–H and O–H groups in total. The zero-order chi connectivity index (χ0) is 16.1. The lowest BCUT2D eigenvalue weighted by Gasteiger charge is -2.42. The van der Waals surface area contributed by atoms with Gasteiger partial charge >= 0.3 is 0 Å². The Morgan fingerprint density at radius 1 is 1.13 bits per heavy atom. The van der Waals surface area contributed by atoms with E-state index >= 15 is 0 Å². The summed E-state index contributed by atoms with van der Waals surface area (Å²) in [7, 11) is 4.22. The highest BCUT2D eigenvalue weighted by Crippen LogP contribution is 2.64. The Labute approximate surface area is 138 Å². The fourth-order valence-electron chi connectivity index (χ4n) is 5.16. The molecule has 2 bridgehead atoms. The number of carbonyl (C=O) groups is 1. The molecule has 23 heavy (non-hydrogen) atoms. The van der Waals surface area contributed by atoms with E-state index in [9.17, 15) is 4.79 Å². The van der Waals surface area contributed by atoms with Crippen LogP contribution in [0.3, 0.4) is 0 Å². The van der Waals surface area contributed by atoms with Crippen LogP contribution in [0.15, 0.2) is 42.0 Å². The summed E-state index contributed by atoms with van der Waals surface area (Å²) < 4.78 is 0. The van der Waals surface area contributed by atoms with Crippen molar-refractivity contribution in [3.63, 3.8) is 0 Å². The Morgan fingerprint density at radius 2 is 1.91 bits per heavy atom. The summed E-state index contributed by atoms with van der Waals surface area (Å²) in [6.45, 7) is 0. The van der Waals surface area contributed by atoms with Gasteiger partial charge in [0.1, 0.15) is 5.78 Å². The van der Waals surface area contributed by atoms with Gasteiger partial charge in [-0.25, -0.2) is 0 Å². The highest BCUT2D eigenvalue weighted by molar-refractivity contribution is 5.95. The van der Waals surface area contributed by atoms with Crippen molar-refractivity contribution in [3.8, 4) is 11.8 Å². The number of nitrogens with zero attached hydrogens (tertiary/aromatic N) is 1. The normalized spacial score (nSPS) is 34.8. The first kappa shape index (κ1) is 14.7. The van der Waals surface area contributed by atoms with E-state index in [-0.39, 0.29) is 11.0 Å². The van der Waals surface area contributed by atoms with E-state index in [1.165, 1.54) is 18.4 Å². The molecular weight excluding hydrogens is 282 g/mol. The van der Waals surface area contributed by atoms with Crippen LogP contribution in [-0.4, -0.2) is 30.3 Å². The monoisotopic (exact) mass is 305 g/mol. The van der Waals surface area contributed by atoms with Crippen LogP contribution in [0.25, 0.3) is 0 Å². The third kappa shape index (κ3) is 1.90. The van der Waals surface area contributed by atoms with Crippen LogP contribution >= 0.6 is 0 Å². The molecule has 0 amide bonds. The third-order valence-electron chi connectivity index (χ3n) is 6.26. The molecule has 2 saturated carbocycles. The molecule has 3 aliphatic rings. The lowest BCUT2D eigenvalue weighted by atomic mass is 9.68. The highest BCUT2D eigenvalue weighted by Gasteiger charge is 2.68. The van der Waals surface area contributed by atoms with Gasteiger partial charge in [0.25, 0.3) is 0 Å². The van der Waals surface area contributed by atoms with Crippen LogP contribution in [0.2, 0.25) is 0 Å². The van der Waals surface area contributed by atoms with Crippen molar-refractivity contribution in [2.45, 2.75) is 37.6 Å². The maximum Gasteiger partial charge on any atom is 0.145 e. The van der Waals surface area contributed by atoms with Gasteiger partial charge in [0, 0.05) is 17.6 Å². The number of ketones is 1. The molecule has 1 aromatic carbocycles. The van der Waals surface area contributed by atoms with E-state index in [1.54, 1.807) is 0 Å².